The molecular weight excluding hydrogens is 280 g/mol. The summed E-state index contributed by atoms with van der Waals surface area (Å²) in [4.78, 5) is 1.33. The Labute approximate surface area is 119 Å². The first-order valence-corrected chi connectivity index (χ1v) is 9.26. The zero-order valence-electron chi connectivity index (χ0n) is 11.3. The van der Waals surface area contributed by atoms with Crippen LogP contribution in [0.3, 0.4) is 0 Å². The highest BCUT2D eigenvalue weighted by molar-refractivity contribution is 7.89. The molecule has 1 saturated carbocycles. The minimum absolute atomic E-state index is 0.441. The van der Waals surface area contributed by atoms with E-state index in [9.17, 15) is 8.42 Å². The van der Waals surface area contributed by atoms with Crippen molar-refractivity contribution in [3.8, 4) is 0 Å². The van der Waals surface area contributed by atoms with Crippen molar-refractivity contribution in [1.29, 1.82) is 0 Å². The Bertz CT molecular complexity index is 490. The van der Waals surface area contributed by atoms with Crippen molar-refractivity contribution < 1.29 is 8.42 Å². The number of hydrogen-bond acceptors (Lipinski definition) is 4. The number of nitrogens with one attached hydrogen (secondary N) is 2. The van der Waals surface area contributed by atoms with Gasteiger partial charge < -0.3 is 5.32 Å². The van der Waals surface area contributed by atoms with Crippen molar-refractivity contribution in [3.05, 3.63) is 16.3 Å². The van der Waals surface area contributed by atoms with Gasteiger partial charge in [-0.25, -0.2) is 13.1 Å². The molecular formula is C13H22N2O2S2. The van der Waals surface area contributed by atoms with Crippen LogP contribution in [0.4, 0.5) is 0 Å². The first kappa shape index (κ1) is 15.0. The lowest BCUT2D eigenvalue weighted by molar-refractivity contribution is 0.519. The van der Waals surface area contributed by atoms with Crippen LogP contribution < -0.4 is 10.0 Å². The standard InChI is InChI=1S/C13H22N2O2S2/c1-2-14-10-12-13(7-8-18-12)19(16,17)15-9-11-5-3-4-6-11/h7-8,11,14-15H,2-6,9-10H2,1H3. The molecule has 6 heteroatoms. The molecule has 2 N–H and O–H groups in total. The quantitative estimate of drug-likeness (QED) is 0.813. The molecule has 1 heterocycles. The van der Waals surface area contributed by atoms with E-state index in [1.165, 1.54) is 24.2 Å². The van der Waals surface area contributed by atoms with Gasteiger partial charge in [-0.1, -0.05) is 19.8 Å². The molecule has 0 aliphatic heterocycles. The van der Waals surface area contributed by atoms with Crippen LogP contribution in [0, 0.1) is 5.92 Å². The molecule has 0 radical (unpaired) electrons. The van der Waals surface area contributed by atoms with Crippen LogP contribution >= 0.6 is 11.3 Å². The summed E-state index contributed by atoms with van der Waals surface area (Å²) in [5.74, 6) is 0.519. The molecule has 0 spiro atoms. The zero-order valence-corrected chi connectivity index (χ0v) is 12.9. The third kappa shape index (κ3) is 4.02. The Morgan fingerprint density at radius 2 is 2.11 bits per heavy atom. The predicted molar refractivity (Wildman–Crippen MR) is 78.8 cm³/mol. The maximum atomic E-state index is 12.3. The van der Waals surface area contributed by atoms with Crippen LogP contribution in [0.2, 0.25) is 0 Å². The normalized spacial score (nSPS) is 17.1. The molecule has 108 valence electrons. The first-order chi connectivity index (χ1) is 9.13. The number of hydrogen-bond donors (Lipinski definition) is 2. The van der Waals surface area contributed by atoms with Crippen LogP contribution in [0.15, 0.2) is 16.3 Å². The van der Waals surface area contributed by atoms with Gasteiger partial charge in [-0.05, 0) is 36.8 Å². The monoisotopic (exact) mass is 302 g/mol. The smallest absolute Gasteiger partial charge is 0.241 e. The molecule has 0 saturated heterocycles. The number of thiophene rings is 1. The lowest BCUT2D eigenvalue weighted by Gasteiger charge is -2.11. The van der Waals surface area contributed by atoms with E-state index < -0.39 is 10.0 Å². The SMILES string of the molecule is CCNCc1sccc1S(=O)(=O)NCC1CCCC1. The first-order valence-electron chi connectivity index (χ1n) is 6.90. The molecule has 1 fully saturated rings. The highest BCUT2D eigenvalue weighted by Gasteiger charge is 2.22. The maximum absolute atomic E-state index is 12.3. The van der Waals surface area contributed by atoms with E-state index in [0.29, 0.717) is 23.9 Å². The summed E-state index contributed by atoms with van der Waals surface area (Å²) in [7, 11) is -3.35. The lowest BCUT2D eigenvalue weighted by Crippen LogP contribution is -2.29. The highest BCUT2D eigenvalue weighted by Crippen LogP contribution is 2.25. The third-order valence-corrected chi connectivity index (χ3v) is 6.12. The van der Waals surface area contributed by atoms with E-state index in [-0.39, 0.29) is 0 Å². The average molecular weight is 302 g/mol. The van der Waals surface area contributed by atoms with Gasteiger partial charge in [0.2, 0.25) is 10.0 Å². The fourth-order valence-corrected chi connectivity index (χ4v) is 4.98. The van der Waals surface area contributed by atoms with Gasteiger partial charge in [-0.15, -0.1) is 11.3 Å². The molecule has 0 unspecified atom stereocenters. The van der Waals surface area contributed by atoms with Crippen molar-refractivity contribution >= 4 is 21.4 Å². The van der Waals surface area contributed by atoms with Crippen molar-refractivity contribution in [1.82, 2.24) is 10.0 Å². The Morgan fingerprint density at radius 3 is 2.79 bits per heavy atom. The molecule has 0 aromatic carbocycles. The number of sulfonamides is 1. The zero-order chi connectivity index (χ0) is 13.7. The summed E-state index contributed by atoms with van der Waals surface area (Å²) in [6.07, 6.45) is 4.76. The van der Waals surface area contributed by atoms with Gasteiger partial charge in [0, 0.05) is 18.0 Å². The Hall–Kier alpha value is -0.430. The van der Waals surface area contributed by atoms with Gasteiger partial charge in [0.05, 0.1) is 4.90 Å². The van der Waals surface area contributed by atoms with Crippen LogP contribution in [-0.2, 0) is 16.6 Å². The molecule has 0 amide bonds. The minimum atomic E-state index is -3.35. The van der Waals surface area contributed by atoms with Crippen LogP contribution in [-0.4, -0.2) is 21.5 Å². The number of rotatable bonds is 7. The molecule has 1 aromatic rings. The van der Waals surface area contributed by atoms with Gasteiger partial charge in [-0.3, -0.25) is 0 Å². The van der Waals surface area contributed by atoms with Gasteiger partial charge >= 0.3 is 0 Å². The van der Waals surface area contributed by atoms with Crippen LogP contribution in [0.25, 0.3) is 0 Å². The Morgan fingerprint density at radius 1 is 1.37 bits per heavy atom. The van der Waals surface area contributed by atoms with E-state index in [1.807, 2.05) is 12.3 Å². The fraction of sp³-hybridized carbons (Fsp3) is 0.692. The van der Waals surface area contributed by atoms with E-state index in [4.69, 9.17) is 0 Å². The summed E-state index contributed by atoms with van der Waals surface area (Å²) >= 11 is 1.49. The van der Waals surface area contributed by atoms with Gasteiger partial charge in [0.25, 0.3) is 0 Å². The fourth-order valence-electron chi connectivity index (χ4n) is 2.46. The topological polar surface area (TPSA) is 58.2 Å². The molecule has 1 aliphatic carbocycles. The molecule has 2 rings (SSSR count). The highest BCUT2D eigenvalue weighted by atomic mass is 32.2. The average Bonchev–Trinajstić information content (AvgIpc) is 3.05. The summed E-state index contributed by atoms with van der Waals surface area (Å²) in [6.45, 7) is 4.06. The van der Waals surface area contributed by atoms with Crippen molar-refractivity contribution in [2.45, 2.75) is 44.0 Å². The second-order valence-electron chi connectivity index (χ2n) is 4.99. The van der Waals surface area contributed by atoms with Crippen LogP contribution in [0.1, 0.15) is 37.5 Å². The summed E-state index contributed by atoms with van der Waals surface area (Å²) in [5.41, 5.74) is 0. The largest absolute Gasteiger partial charge is 0.312 e. The molecule has 1 aliphatic rings. The Kier molecular flexibility index (Phi) is 5.38. The molecule has 19 heavy (non-hydrogen) atoms. The second-order valence-corrected chi connectivity index (χ2v) is 7.73. The molecule has 0 bridgehead atoms. The van der Waals surface area contributed by atoms with Crippen molar-refractivity contribution in [2.75, 3.05) is 13.1 Å². The minimum Gasteiger partial charge on any atom is -0.312 e. The predicted octanol–water partition coefficient (Wildman–Crippen LogP) is 2.33. The Balaban J connectivity index is 1.99. The van der Waals surface area contributed by atoms with Crippen molar-refractivity contribution in [3.63, 3.8) is 0 Å². The summed E-state index contributed by atoms with van der Waals surface area (Å²) in [6, 6.07) is 1.70. The molecule has 4 nitrogen and oxygen atoms in total. The van der Waals surface area contributed by atoms with Gasteiger partial charge in [0.1, 0.15) is 0 Å². The summed E-state index contributed by atoms with van der Waals surface area (Å²) < 4.78 is 27.4. The van der Waals surface area contributed by atoms with Gasteiger partial charge in [-0.2, -0.15) is 0 Å². The summed E-state index contributed by atoms with van der Waals surface area (Å²) in [5, 5.41) is 5.02. The van der Waals surface area contributed by atoms with E-state index in [1.54, 1.807) is 6.07 Å². The van der Waals surface area contributed by atoms with E-state index >= 15 is 0 Å². The van der Waals surface area contributed by atoms with Crippen molar-refractivity contribution in [2.24, 2.45) is 5.92 Å². The third-order valence-electron chi connectivity index (χ3n) is 3.57. The van der Waals surface area contributed by atoms with E-state index in [0.717, 1.165) is 24.3 Å². The molecule has 1 aromatic heterocycles. The van der Waals surface area contributed by atoms with Crippen LogP contribution in [0.5, 0.6) is 0 Å². The van der Waals surface area contributed by atoms with Gasteiger partial charge in [0.15, 0.2) is 0 Å². The molecule has 0 atom stereocenters. The lowest BCUT2D eigenvalue weighted by atomic mass is 10.1. The maximum Gasteiger partial charge on any atom is 0.241 e. The van der Waals surface area contributed by atoms with E-state index in [2.05, 4.69) is 10.0 Å². The second kappa shape index (κ2) is 6.83.